The molecule has 2 aromatic carbocycles. The van der Waals surface area contributed by atoms with Crippen molar-refractivity contribution in [3.05, 3.63) is 95.6 Å². The fourth-order valence-corrected chi connectivity index (χ4v) is 4.21. The summed E-state index contributed by atoms with van der Waals surface area (Å²) in [4.78, 5) is 25.2. The third-order valence-corrected chi connectivity index (χ3v) is 6.29. The molecule has 4 rings (SSSR count). The number of ketones is 1. The number of ether oxygens (including phenoxy) is 1. The van der Waals surface area contributed by atoms with Gasteiger partial charge in [-0.05, 0) is 74.5 Å². The van der Waals surface area contributed by atoms with Crippen LogP contribution in [0.2, 0.25) is 0 Å². The zero-order valence-electron chi connectivity index (χ0n) is 18.5. The number of esters is 1. The summed E-state index contributed by atoms with van der Waals surface area (Å²) in [6.45, 7) is 3.18. The minimum Gasteiger partial charge on any atom is -0.454 e. The van der Waals surface area contributed by atoms with Crippen molar-refractivity contribution in [2.75, 3.05) is 6.61 Å². The van der Waals surface area contributed by atoms with Gasteiger partial charge in [-0.1, -0.05) is 0 Å². The first kappa shape index (κ1) is 23.1. The van der Waals surface area contributed by atoms with Gasteiger partial charge < -0.3 is 9.30 Å². The highest BCUT2D eigenvalue weighted by molar-refractivity contribution is 7.89. The Bertz CT molecular complexity index is 1450. The summed E-state index contributed by atoms with van der Waals surface area (Å²) in [6, 6.07) is 16.2. The molecule has 0 aliphatic heterocycles. The summed E-state index contributed by atoms with van der Waals surface area (Å²) in [5.41, 5.74) is 3.62. The number of carbonyl (C=O) groups excluding carboxylic acids is 2. The second-order valence-corrected chi connectivity index (χ2v) is 9.22. The third-order valence-electron chi connectivity index (χ3n) is 5.36. The van der Waals surface area contributed by atoms with Crippen molar-refractivity contribution in [2.45, 2.75) is 18.7 Å². The molecule has 2 aromatic heterocycles. The molecule has 0 bridgehead atoms. The van der Waals surface area contributed by atoms with Crippen molar-refractivity contribution in [2.24, 2.45) is 5.14 Å². The maximum atomic E-state index is 12.8. The van der Waals surface area contributed by atoms with E-state index in [1.54, 1.807) is 72.5 Å². The third kappa shape index (κ3) is 4.68. The minimum absolute atomic E-state index is 0.000389. The van der Waals surface area contributed by atoms with Crippen LogP contribution in [0.3, 0.4) is 0 Å². The Hall–Kier alpha value is -4.02. The van der Waals surface area contributed by atoms with E-state index >= 15 is 0 Å². The summed E-state index contributed by atoms with van der Waals surface area (Å²) in [5, 5.41) is 9.28. The molecule has 174 valence electrons. The van der Waals surface area contributed by atoms with E-state index in [1.165, 1.54) is 12.1 Å². The van der Waals surface area contributed by atoms with Crippen LogP contribution in [0.1, 0.15) is 32.1 Å². The number of nitrogens with zero attached hydrogens (tertiary/aromatic N) is 3. The molecule has 4 aromatic rings. The van der Waals surface area contributed by atoms with Gasteiger partial charge in [0.25, 0.3) is 0 Å². The second-order valence-electron chi connectivity index (χ2n) is 7.66. The zero-order chi connectivity index (χ0) is 24.5. The van der Waals surface area contributed by atoms with Crippen molar-refractivity contribution in [3.63, 3.8) is 0 Å². The fourth-order valence-electron chi connectivity index (χ4n) is 3.69. The first-order valence-corrected chi connectivity index (χ1v) is 11.8. The van der Waals surface area contributed by atoms with Gasteiger partial charge in [-0.3, -0.25) is 4.79 Å². The number of nitrogens with two attached hydrogens (primary N) is 1. The van der Waals surface area contributed by atoms with Gasteiger partial charge in [-0.15, -0.1) is 0 Å². The van der Waals surface area contributed by atoms with Gasteiger partial charge in [-0.25, -0.2) is 23.0 Å². The summed E-state index contributed by atoms with van der Waals surface area (Å²) in [6.07, 6.45) is 3.45. The molecule has 9 nitrogen and oxygen atoms in total. The lowest BCUT2D eigenvalue weighted by atomic mass is 10.1. The highest BCUT2D eigenvalue weighted by Crippen LogP contribution is 2.22. The molecule has 0 atom stereocenters. The SMILES string of the molecule is Cc1cc(C(=O)COC(=O)c2ccc(-n3cccn3)cc2)c(C)n1-c1ccc(S(N)(=O)=O)cc1. The zero-order valence-corrected chi connectivity index (χ0v) is 19.3. The maximum absolute atomic E-state index is 12.8. The molecule has 2 heterocycles. The number of aryl methyl sites for hydroxylation is 1. The van der Waals surface area contributed by atoms with Crippen molar-refractivity contribution < 1.29 is 22.7 Å². The van der Waals surface area contributed by atoms with Crippen LogP contribution in [0.15, 0.2) is 78.0 Å². The average Bonchev–Trinajstić information content (AvgIpc) is 3.45. The molecule has 0 aliphatic rings. The van der Waals surface area contributed by atoms with E-state index in [9.17, 15) is 18.0 Å². The van der Waals surface area contributed by atoms with Crippen LogP contribution in [0.4, 0.5) is 0 Å². The molecule has 0 saturated heterocycles. The Kier molecular flexibility index (Phi) is 6.18. The number of primary sulfonamides is 1. The van der Waals surface area contributed by atoms with Crippen LogP contribution in [0.5, 0.6) is 0 Å². The van der Waals surface area contributed by atoms with Crippen molar-refractivity contribution >= 4 is 21.8 Å². The number of aromatic nitrogens is 3. The molecule has 2 N–H and O–H groups in total. The van der Waals surface area contributed by atoms with E-state index in [0.29, 0.717) is 22.5 Å². The minimum atomic E-state index is -3.80. The highest BCUT2D eigenvalue weighted by atomic mass is 32.2. The molecule has 0 amide bonds. The van der Waals surface area contributed by atoms with Gasteiger partial charge in [0.2, 0.25) is 15.8 Å². The standard InChI is InChI=1S/C24H22N4O5S/c1-16-14-22(17(2)28(16)20-8-10-21(11-9-20)34(25,31)32)23(29)15-33-24(30)18-4-6-19(7-5-18)27-13-3-12-26-27/h3-14H,15H2,1-2H3,(H2,25,31,32). The van der Waals surface area contributed by atoms with Crippen LogP contribution < -0.4 is 5.14 Å². The predicted molar refractivity (Wildman–Crippen MR) is 125 cm³/mol. The average molecular weight is 479 g/mol. The molecule has 0 fully saturated rings. The van der Waals surface area contributed by atoms with E-state index < -0.39 is 22.6 Å². The molecule has 0 aliphatic carbocycles. The highest BCUT2D eigenvalue weighted by Gasteiger charge is 2.19. The van der Waals surface area contributed by atoms with Gasteiger partial charge >= 0.3 is 5.97 Å². The van der Waals surface area contributed by atoms with E-state index in [0.717, 1.165) is 11.4 Å². The molecule has 0 saturated carbocycles. The second kappa shape index (κ2) is 9.08. The first-order valence-electron chi connectivity index (χ1n) is 10.3. The van der Waals surface area contributed by atoms with E-state index in [4.69, 9.17) is 9.88 Å². The number of sulfonamides is 1. The van der Waals surface area contributed by atoms with Gasteiger partial charge in [0.05, 0.1) is 16.1 Å². The van der Waals surface area contributed by atoms with Crippen LogP contribution in [-0.2, 0) is 14.8 Å². The summed E-state index contributed by atoms with van der Waals surface area (Å²) < 4.78 is 31.7. The maximum Gasteiger partial charge on any atom is 0.338 e. The predicted octanol–water partition coefficient (Wildman–Crippen LogP) is 2.97. The number of hydrogen-bond acceptors (Lipinski definition) is 6. The largest absolute Gasteiger partial charge is 0.454 e. The quantitative estimate of drug-likeness (QED) is 0.321. The topological polar surface area (TPSA) is 126 Å². The lowest BCUT2D eigenvalue weighted by Gasteiger charge is -2.11. The van der Waals surface area contributed by atoms with E-state index in [1.807, 2.05) is 11.5 Å². The number of rotatable bonds is 7. The lowest BCUT2D eigenvalue weighted by molar-refractivity contribution is 0.0474. The smallest absolute Gasteiger partial charge is 0.338 e. The molecular formula is C24H22N4O5S. The van der Waals surface area contributed by atoms with Crippen LogP contribution in [0, 0.1) is 13.8 Å². The number of hydrogen-bond donors (Lipinski definition) is 1. The van der Waals surface area contributed by atoms with Crippen molar-refractivity contribution in [1.82, 2.24) is 14.3 Å². The van der Waals surface area contributed by atoms with Crippen LogP contribution >= 0.6 is 0 Å². The summed E-state index contributed by atoms with van der Waals surface area (Å²) >= 11 is 0. The monoisotopic (exact) mass is 478 g/mol. The Balaban J connectivity index is 1.46. The Morgan fingerprint density at radius 1 is 1.00 bits per heavy atom. The number of benzene rings is 2. The molecule has 0 radical (unpaired) electrons. The number of carbonyl (C=O) groups is 2. The summed E-state index contributed by atoms with van der Waals surface area (Å²) in [5.74, 6) is -0.949. The molecule has 10 heteroatoms. The normalized spacial score (nSPS) is 11.4. The Morgan fingerprint density at radius 3 is 2.24 bits per heavy atom. The van der Waals surface area contributed by atoms with E-state index in [2.05, 4.69) is 5.10 Å². The Labute approximate surface area is 196 Å². The molecular weight excluding hydrogens is 456 g/mol. The van der Waals surface area contributed by atoms with Gasteiger partial charge in [0.15, 0.2) is 6.61 Å². The van der Waals surface area contributed by atoms with E-state index in [-0.39, 0.29) is 10.7 Å². The number of Topliss-reactive ketones (excluding diaryl/α,β-unsaturated/α-hetero) is 1. The lowest BCUT2D eigenvalue weighted by Crippen LogP contribution is -2.15. The van der Waals surface area contributed by atoms with Crippen molar-refractivity contribution in [3.8, 4) is 11.4 Å². The first-order chi connectivity index (χ1) is 16.1. The van der Waals surface area contributed by atoms with Gasteiger partial charge in [0, 0.05) is 35.0 Å². The Morgan fingerprint density at radius 2 is 1.65 bits per heavy atom. The van der Waals surface area contributed by atoms with Crippen molar-refractivity contribution in [1.29, 1.82) is 0 Å². The van der Waals surface area contributed by atoms with Crippen LogP contribution in [0.25, 0.3) is 11.4 Å². The summed E-state index contributed by atoms with van der Waals surface area (Å²) in [7, 11) is -3.80. The van der Waals surface area contributed by atoms with Gasteiger partial charge in [0.1, 0.15) is 0 Å². The molecule has 0 spiro atoms. The van der Waals surface area contributed by atoms with Gasteiger partial charge in [-0.2, -0.15) is 5.10 Å². The fraction of sp³-hybridized carbons (Fsp3) is 0.125. The molecule has 0 unspecified atom stereocenters. The van der Waals surface area contributed by atoms with Crippen LogP contribution in [-0.4, -0.2) is 41.1 Å². The molecule has 34 heavy (non-hydrogen) atoms.